The maximum Gasteiger partial charge on any atom is 0.293 e. The van der Waals surface area contributed by atoms with Crippen molar-refractivity contribution in [3.05, 3.63) is 64.3 Å². The molecular weight excluding hydrogens is 327 g/mol. The fourth-order valence-electron chi connectivity index (χ4n) is 3.06. The molecule has 0 saturated carbocycles. The monoisotopic (exact) mass is 342 g/mol. The predicted molar refractivity (Wildman–Crippen MR) is 89.2 cm³/mol. The summed E-state index contributed by atoms with van der Waals surface area (Å²) >= 11 is 1.66. The SMILES string of the molecule is O=C(c1cc(-c2ccc(F)cc2)no1)N1CCC[C@H]1c1cccs1. The van der Waals surface area contributed by atoms with Crippen LogP contribution >= 0.6 is 11.3 Å². The summed E-state index contributed by atoms with van der Waals surface area (Å²) in [6.45, 7) is 0.716. The average Bonchev–Trinajstić information content (AvgIpc) is 3.34. The Morgan fingerprint density at radius 1 is 1.29 bits per heavy atom. The Kier molecular flexibility index (Phi) is 3.90. The summed E-state index contributed by atoms with van der Waals surface area (Å²) in [6.07, 6.45) is 1.94. The smallest absolute Gasteiger partial charge is 0.293 e. The summed E-state index contributed by atoms with van der Waals surface area (Å²) in [6, 6.07) is 11.7. The molecule has 24 heavy (non-hydrogen) atoms. The molecule has 1 aliphatic rings. The molecule has 122 valence electrons. The van der Waals surface area contributed by atoms with Gasteiger partial charge in [0.05, 0.1) is 6.04 Å². The van der Waals surface area contributed by atoms with Crippen molar-refractivity contribution in [2.75, 3.05) is 6.54 Å². The Bertz CT molecular complexity index is 842. The lowest BCUT2D eigenvalue weighted by molar-refractivity contribution is 0.0695. The largest absolute Gasteiger partial charge is 0.350 e. The Morgan fingerprint density at radius 2 is 2.12 bits per heavy atom. The zero-order valence-electron chi connectivity index (χ0n) is 12.8. The molecule has 1 aliphatic heterocycles. The van der Waals surface area contributed by atoms with Gasteiger partial charge >= 0.3 is 0 Å². The first-order valence-electron chi connectivity index (χ1n) is 7.79. The van der Waals surface area contributed by atoms with Crippen LogP contribution < -0.4 is 0 Å². The van der Waals surface area contributed by atoms with Gasteiger partial charge in [-0.3, -0.25) is 4.79 Å². The van der Waals surface area contributed by atoms with Crippen molar-refractivity contribution in [3.8, 4) is 11.3 Å². The van der Waals surface area contributed by atoms with Gasteiger partial charge in [0, 0.05) is 23.1 Å². The number of halogens is 1. The van der Waals surface area contributed by atoms with E-state index in [2.05, 4.69) is 11.2 Å². The summed E-state index contributed by atoms with van der Waals surface area (Å²) < 4.78 is 18.3. The summed E-state index contributed by atoms with van der Waals surface area (Å²) in [7, 11) is 0. The highest BCUT2D eigenvalue weighted by molar-refractivity contribution is 7.10. The molecule has 1 amide bonds. The summed E-state index contributed by atoms with van der Waals surface area (Å²) in [5, 5.41) is 5.98. The number of thiophene rings is 1. The van der Waals surface area contributed by atoms with Crippen molar-refractivity contribution in [1.82, 2.24) is 10.1 Å². The van der Waals surface area contributed by atoms with Gasteiger partial charge in [0.25, 0.3) is 5.91 Å². The topological polar surface area (TPSA) is 46.3 Å². The van der Waals surface area contributed by atoms with E-state index in [0.29, 0.717) is 12.2 Å². The molecule has 1 atom stereocenters. The lowest BCUT2D eigenvalue weighted by Crippen LogP contribution is -2.29. The van der Waals surface area contributed by atoms with E-state index in [1.807, 2.05) is 16.3 Å². The third-order valence-corrected chi connectivity index (χ3v) is 5.22. The minimum Gasteiger partial charge on any atom is -0.350 e. The van der Waals surface area contributed by atoms with Crippen molar-refractivity contribution in [2.45, 2.75) is 18.9 Å². The zero-order valence-corrected chi connectivity index (χ0v) is 13.6. The lowest BCUT2D eigenvalue weighted by Gasteiger charge is -2.22. The van der Waals surface area contributed by atoms with Crippen LogP contribution in [0.5, 0.6) is 0 Å². The highest BCUT2D eigenvalue weighted by Gasteiger charge is 2.33. The fraction of sp³-hybridized carbons (Fsp3) is 0.222. The molecular formula is C18H15FN2O2S. The molecule has 1 fully saturated rings. The molecule has 0 N–H and O–H groups in total. The molecule has 2 aromatic heterocycles. The number of rotatable bonds is 3. The number of nitrogens with zero attached hydrogens (tertiary/aromatic N) is 2. The van der Waals surface area contributed by atoms with E-state index in [9.17, 15) is 9.18 Å². The van der Waals surface area contributed by atoms with E-state index in [1.54, 1.807) is 29.5 Å². The van der Waals surface area contributed by atoms with E-state index in [-0.39, 0.29) is 23.5 Å². The molecule has 0 spiro atoms. The number of aromatic nitrogens is 1. The maximum absolute atomic E-state index is 13.0. The van der Waals surface area contributed by atoms with Crippen LogP contribution in [-0.2, 0) is 0 Å². The van der Waals surface area contributed by atoms with Gasteiger partial charge in [-0.1, -0.05) is 11.2 Å². The Hall–Kier alpha value is -2.47. The van der Waals surface area contributed by atoms with Crippen molar-refractivity contribution in [3.63, 3.8) is 0 Å². The summed E-state index contributed by atoms with van der Waals surface area (Å²) in [5.74, 6) is -0.237. The number of benzene rings is 1. The Balaban J connectivity index is 1.57. The minimum atomic E-state index is -0.311. The Morgan fingerprint density at radius 3 is 2.88 bits per heavy atom. The number of hydrogen-bond acceptors (Lipinski definition) is 4. The van der Waals surface area contributed by atoms with E-state index in [0.717, 1.165) is 18.4 Å². The quantitative estimate of drug-likeness (QED) is 0.703. The van der Waals surface area contributed by atoms with Crippen LogP contribution in [0.4, 0.5) is 4.39 Å². The highest BCUT2D eigenvalue weighted by atomic mass is 32.1. The highest BCUT2D eigenvalue weighted by Crippen LogP contribution is 2.35. The zero-order chi connectivity index (χ0) is 16.5. The van der Waals surface area contributed by atoms with Crippen LogP contribution in [0, 0.1) is 5.82 Å². The van der Waals surface area contributed by atoms with Gasteiger partial charge in [0.1, 0.15) is 11.5 Å². The Labute approximate surface area is 142 Å². The molecule has 0 aliphatic carbocycles. The van der Waals surface area contributed by atoms with Crippen molar-refractivity contribution in [2.24, 2.45) is 0 Å². The van der Waals surface area contributed by atoms with Gasteiger partial charge in [-0.2, -0.15) is 0 Å². The molecule has 3 heterocycles. The second-order valence-electron chi connectivity index (χ2n) is 5.76. The average molecular weight is 342 g/mol. The predicted octanol–water partition coefficient (Wildman–Crippen LogP) is 4.52. The maximum atomic E-state index is 13.0. The molecule has 4 rings (SSSR count). The first kappa shape index (κ1) is 15.1. The fourth-order valence-corrected chi connectivity index (χ4v) is 3.93. The molecule has 0 radical (unpaired) electrons. The van der Waals surface area contributed by atoms with E-state index in [1.165, 1.54) is 17.0 Å². The van der Waals surface area contributed by atoms with Gasteiger partial charge in [0.15, 0.2) is 0 Å². The first-order valence-corrected chi connectivity index (χ1v) is 8.67. The molecule has 1 aromatic carbocycles. The molecule has 6 heteroatoms. The lowest BCUT2D eigenvalue weighted by atomic mass is 10.1. The van der Waals surface area contributed by atoms with Crippen LogP contribution in [-0.4, -0.2) is 22.5 Å². The number of amides is 1. The number of carbonyl (C=O) groups excluding carboxylic acids is 1. The second-order valence-corrected chi connectivity index (χ2v) is 6.73. The molecule has 0 unspecified atom stereocenters. The van der Waals surface area contributed by atoms with Gasteiger partial charge in [0.2, 0.25) is 5.76 Å². The van der Waals surface area contributed by atoms with Gasteiger partial charge < -0.3 is 9.42 Å². The van der Waals surface area contributed by atoms with Crippen molar-refractivity contribution < 1.29 is 13.7 Å². The van der Waals surface area contributed by atoms with Gasteiger partial charge in [-0.25, -0.2) is 4.39 Å². The number of hydrogen-bond donors (Lipinski definition) is 0. The molecule has 3 aromatic rings. The first-order chi connectivity index (χ1) is 11.7. The molecule has 1 saturated heterocycles. The van der Waals surface area contributed by atoms with Crippen LogP contribution in [0.1, 0.15) is 34.3 Å². The third-order valence-electron chi connectivity index (χ3n) is 4.25. The second kappa shape index (κ2) is 6.20. The minimum absolute atomic E-state index is 0.108. The third kappa shape index (κ3) is 2.73. The van der Waals surface area contributed by atoms with Gasteiger partial charge in [-0.05, 0) is 48.6 Å². The van der Waals surface area contributed by atoms with Crippen molar-refractivity contribution >= 4 is 17.2 Å². The van der Waals surface area contributed by atoms with Crippen LogP contribution in [0.25, 0.3) is 11.3 Å². The standard InChI is InChI=1S/C18H15FN2O2S/c19-13-7-5-12(6-8-13)14-11-16(23-20-14)18(22)21-9-1-3-15(21)17-4-2-10-24-17/h2,4-8,10-11,15H,1,3,9H2/t15-/m0/s1. The van der Waals surface area contributed by atoms with Crippen LogP contribution in [0.2, 0.25) is 0 Å². The molecule has 4 nitrogen and oxygen atoms in total. The van der Waals surface area contributed by atoms with Gasteiger partial charge in [-0.15, -0.1) is 11.3 Å². The van der Waals surface area contributed by atoms with Crippen LogP contribution in [0.3, 0.4) is 0 Å². The van der Waals surface area contributed by atoms with E-state index in [4.69, 9.17) is 4.52 Å². The normalized spacial score (nSPS) is 17.4. The summed E-state index contributed by atoms with van der Waals surface area (Å²) in [4.78, 5) is 15.8. The van der Waals surface area contributed by atoms with E-state index < -0.39 is 0 Å². The number of likely N-dealkylation sites (tertiary alicyclic amines) is 1. The summed E-state index contributed by atoms with van der Waals surface area (Å²) in [5.41, 5.74) is 1.25. The van der Waals surface area contributed by atoms with Crippen molar-refractivity contribution in [1.29, 1.82) is 0 Å². The van der Waals surface area contributed by atoms with E-state index >= 15 is 0 Å². The molecule has 0 bridgehead atoms. The number of carbonyl (C=O) groups is 1. The van der Waals surface area contributed by atoms with Crippen LogP contribution in [0.15, 0.2) is 52.4 Å².